The van der Waals surface area contributed by atoms with Gasteiger partial charge in [-0.1, -0.05) is 25.4 Å². The number of ether oxygens (including phenoxy) is 1. The molecule has 0 radical (unpaired) electrons. The lowest BCUT2D eigenvalue weighted by atomic mass is 10.2. The van der Waals surface area contributed by atoms with Gasteiger partial charge in [-0.05, 0) is 36.6 Å². The molecular weight excluding hydrogens is 320 g/mol. The van der Waals surface area contributed by atoms with E-state index in [9.17, 15) is 4.79 Å². The molecule has 124 valence electrons. The van der Waals surface area contributed by atoms with Gasteiger partial charge in [-0.25, -0.2) is 4.79 Å². The molecule has 0 spiro atoms. The Morgan fingerprint density at radius 3 is 2.59 bits per heavy atom. The molecule has 0 aliphatic carbocycles. The number of halogens is 1. The van der Waals surface area contributed by atoms with Crippen LogP contribution in [0.1, 0.15) is 20.3 Å². The van der Waals surface area contributed by atoms with Gasteiger partial charge >= 0.3 is 6.03 Å². The lowest BCUT2D eigenvalue weighted by Gasteiger charge is -2.09. The Hall–Kier alpha value is -0.910. The van der Waals surface area contributed by atoms with Gasteiger partial charge in [0.25, 0.3) is 0 Å². The van der Waals surface area contributed by atoms with Crippen molar-refractivity contribution in [2.45, 2.75) is 25.2 Å². The minimum atomic E-state index is -0.124. The van der Waals surface area contributed by atoms with E-state index in [2.05, 4.69) is 24.5 Å². The second kappa shape index (κ2) is 11.6. The zero-order valence-electron chi connectivity index (χ0n) is 13.2. The third kappa shape index (κ3) is 9.92. The van der Waals surface area contributed by atoms with E-state index >= 15 is 0 Å². The summed E-state index contributed by atoms with van der Waals surface area (Å²) >= 11 is 7.51. The molecule has 1 rings (SSSR count). The zero-order chi connectivity index (χ0) is 16.2. The van der Waals surface area contributed by atoms with Gasteiger partial charge in [0.05, 0.1) is 0 Å². The maximum atomic E-state index is 11.6. The molecule has 2 N–H and O–H groups in total. The van der Waals surface area contributed by atoms with E-state index < -0.39 is 0 Å². The fraction of sp³-hybridized carbons (Fsp3) is 0.562. The lowest BCUT2D eigenvalue weighted by molar-refractivity contribution is 0.108. The Bertz CT molecular complexity index is 427. The summed E-state index contributed by atoms with van der Waals surface area (Å²) in [5.41, 5.74) is 0. The third-order valence-electron chi connectivity index (χ3n) is 2.67. The van der Waals surface area contributed by atoms with Crippen molar-refractivity contribution in [3.63, 3.8) is 0 Å². The van der Waals surface area contributed by atoms with Gasteiger partial charge < -0.3 is 15.4 Å². The van der Waals surface area contributed by atoms with E-state index in [-0.39, 0.29) is 6.03 Å². The highest BCUT2D eigenvalue weighted by molar-refractivity contribution is 7.99. The van der Waals surface area contributed by atoms with Gasteiger partial charge in [-0.3, -0.25) is 0 Å². The van der Waals surface area contributed by atoms with Crippen LogP contribution in [0.4, 0.5) is 4.79 Å². The van der Waals surface area contributed by atoms with Crippen LogP contribution in [0.2, 0.25) is 5.02 Å². The van der Waals surface area contributed by atoms with Crippen LogP contribution in [0.25, 0.3) is 0 Å². The molecule has 0 fully saturated rings. The summed E-state index contributed by atoms with van der Waals surface area (Å²) in [6.07, 6.45) is 0.833. The van der Waals surface area contributed by atoms with Crippen LogP contribution in [0.5, 0.6) is 0 Å². The van der Waals surface area contributed by atoms with Crippen LogP contribution >= 0.6 is 23.4 Å². The summed E-state index contributed by atoms with van der Waals surface area (Å²) in [6, 6.07) is 7.56. The minimum Gasteiger partial charge on any atom is -0.381 e. The van der Waals surface area contributed by atoms with Crippen molar-refractivity contribution in [3.05, 3.63) is 29.3 Å². The predicted octanol–water partition coefficient (Wildman–Crippen LogP) is 3.79. The van der Waals surface area contributed by atoms with Crippen LogP contribution in [0, 0.1) is 5.92 Å². The molecule has 0 bridgehead atoms. The van der Waals surface area contributed by atoms with Crippen LogP contribution < -0.4 is 10.6 Å². The van der Waals surface area contributed by atoms with E-state index in [0.717, 1.165) is 28.7 Å². The molecule has 0 aliphatic heterocycles. The Balaban J connectivity index is 1.96. The summed E-state index contributed by atoms with van der Waals surface area (Å²) in [5, 5.41) is 6.39. The van der Waals surface area contributed by atoms with Gasteiger partial charge in [0.1, 0.15) is 0 Å². The van der Waals surface area contributed by atoms with E-state index in [1.165, 1.54) is 0 Å². The first-order valence-corrected chi connectivity index (χ1v) is 8.92. The van der Waals surface area contributed by atoms with E-state index in [0.29, 0.717) is 25.6 Å². The molecule has 22 heavy (non-hydrogen) atoms. The number of hydrogen-bond acceptors (Lipinski definition) is 3. The quantitative estimate of drug-likeness (QED) is 0.501. The van der Waals surface area contributed by atoms with Crippen molar-refractivity contribution in [2.24, 2.45) is 5.92 Å². The van der Waals surface area contributed by atoms with Crippen LogP contribution in [-0.4, -0.2) is 38.1 Å². The van der Waals surface area contributed by atoms with Crippen molar-refractivity contribution in [1.82, 2.24) is 10.6 Å². The van der Waals surface area contributed by atoms with E-state index in [1.807, 2.05) is 24.3 Å². The van der Waals surface area contributed by atoms with Crippen molar-refractivity contribution in [3.8, 4) is 0 Å². The molecule has 0 aromatic heterocycles. The summed E-state index contributed by atoms with van der Waals surface area (Å²) in [5.74, 6) is 1.38. The number of carbonyl (C=O) groups excluding carboxylic acids is 1. The molecule has 0 saturated carbocycles. The molecule has 0 unspecified atom stereocenters. The summed E-state index contributed by atoms with van der Waals surface area (Å²) in [6.45, 7) is 6.96. The Kier molecular flexibility index (Phi) is 10.1. The van der Waals surface area contributed by atoms with Gasteiger partial charge in [0.2, 0.25) is 0 Å². The average molecular weight is 345 g/mol. The largest absolute Gasteiger partial charge is 0.381 e. The number of rotatable bonds is 10. The second-order valence-corrected chi connectivity index (χ2v) is 6.91. The summed E-state index contributed by atoms with van der Waals surface area (Å²) < 4.78 is 5.45. The molecular formula is C16H25ClN2O2S. The molecule has 6 heteroatoms. The average Bonchev–Trinajstić information content (AvgIpc) is 2.49. The van der Waals surface area contributed by atoms with Crippen LogP contribution in [-0.2, 0) is 4.74 Å². The minimum absolute atomic E-state index is 0.124. The normalized spacial score (nSPS) is 10.7. The monoisotopic (exact) mass is 344 g/mol. The molecule has 0 aliphatic rings. The number of benzene rings is 1. The number of carbonyl (C=O) groups is 1. The van der Waals surface area contributed by atoms with Crippen molar-refractivity contribution >= 4 is 29.4 Å². The highest BCUT2D eigenvalue weighted by Crippen LogP contribution is 2.19. The van der Waals surface area contributed by atoms with Gasteiger partial charge in [-0.2, -0.15) is 0 Å². The first-order chi connectivity index (χ1) is 10.6. The highest BCUT2D eigenvalue weighted by atomic mass is 35.5. The van der Waals surface area contributed by atoms with Crippen molar-refractivity contribution in [1.29, 1.82) is 0 Å². The lowest BCUT2D eigenvalue weighted by Crippen LogP contribution is -2.37. The number of hydrogen-bond donors (Lipinski definition) is 2. The Morgan fingerprint density at radius 1 is 1.23 bits per heavy atom. The maximum Gasteiger partial charge on any atom is 0.314 e. The van der Waals surface area contributed by atoms with Gasteiger partial charge in [0, 0.05) is 42.0 Å². The highest BCUT2D eigenvalue weighted by Gasteiger charge is 2.00. The maximum absolute atomic E-state index is 11.6. The van der Waals surface area contributed by atoms with Gasteiger partial charge in [-0.15, -0.1) is 11.8 Å². The SMILES string of the molecule is CC(C)COCCCNC(=O)NCCSc1ccc(Cl)cc1. The zero-order valence-corrected chi connectivity index (χ0v) is 14.8. The molecule has 0 atom stereocenters. The number of nitrogens with one attached hydrogen (secondary N) is 2. The molecule has 2 amide bonds. The topological polar surface area (TPSA) is 50.4 Å². The van der Waals surface area contributed by atoms with Crippen molar-refractivity contribution in [2.75, 3.05) is 32.1 Å². The summed E-state index contributed by atoms with van der Waals surface area (Å²) in [4.78, 5) is 12.7. The standard InChI is InChI=1S/C16H25ClN2O2S/c1-13(2)12-21-10-3-8-18-16(20)19-9-11-22-15-6-4-14(17)5-7-15/h4-7,13H,3,8-12H2,1-2H3,(H2,18,19,20). The first-order valence-electron chi connectivity index (χ1n) is 7.55. The predicted molar refractivity (Wildman–Crippen MR) is 93.9 cm³/mol. The fourth-order valence-electron chi connectivity index (χ4n) is 1.62. The van der Waals surface area contributed by atoms with Crippen LogP contribution in [0.3, 0.4) is 0 Å². The molecule has 0 heterocycles. The van der Waals surface area contributed by atoms with E-state index in [4.69, 9.17) is 16.3 Å². The molecule has 4 nitrogen and oxygen atoms in total. The summed E-state index contributed by atoms with van der Waals surface area (Å²) in [7, 11) is 0. The van der Waals surface area contributed by atoms with Crippen LogP contribution in [0.15, 0.2) is 29.2 Å². The second-order valence-electron chi connectivity index (χ2n) is 5.31. The Labute approximate surface area is 142 Å². The third-order valence-corrected chi connectivity index (χ3v) is 3.94. The van der Waals surface area contributed by atoms with E-state index in [1.54, 1.807) is 11.8 Å². The smallest absolute Gasteiger partial charge is 0.314 e. The molecule has 0 saturated heterocycles. The first kappa shape index (κ1) is 19.1. The number of thioether (sulfide) groups is 1. The van der Waals surface area contributed by atoms with Crippen molar-refractivity contribution < 1.29 is 9.53 Å². The molecule has 1 aromatic rings. The number of urea groups is 1. The fourth-order valence-corrected chi connectivity index (χ4v) is 2.52. The van der Waals surface area contributed by atoms with Gasteiger partial charge in [0.15, 0.2) is 0 Å². The number of amides is 2. The molecule has 1 aromatic carbocycles. The Morgan fingerprint density at radius 2 is 1.91 bits per heavy atom.